The van der Waals surface area contributed by atoms with E-state index in [4.69, 9.17) is 29.9 Å². The molecule has 0 spiro atoms. The molecule has 0 atom stereocenters. The van der Waals surface area contributed by atoms with Gasteiger partial charge < -0.3 is 0 Å². The van der Waals surface area contributed by atoms with E-state index in [0.717, 1.165) is 133 Å². The minimum atomic E-state index is 0.913. The van der Waals surface area contributed by atoms with E-state index in [9.17, 15) is 0 Å². The predicted molar refractivity (Wildman–Crippen MR) is 463 cm³/mol. The summed E-state index contributed by atoms with van der Waals surface area (Å²) in [5.41, 5.74) is 24.6. The van der Waals surface area contributed by atoms with Gasteiger partial charge in [0.1, 0.15) is 0 Å². The van der Waals surface area contributed by atoms with Gasteiger partial charge in [0, 0.05) is 103 Å². The van der Waals surface area contributed by atoms with Crippen molar-refractivity contribution in [2.45, 2.75) is 0 Å². The lowest BCUT2D eigenvalue weighted by Crippen LogP contribution is -1.90. The predicted octanol–water partition coefficient (Wildman–Crippen LogP) is 26.1. The first-order valence-electron chi connectivity index (χ1n) is 37.5. The van der Waals surface area contributed by atoms with Crippen LogP contribution in [0, 0.1) is 0 Å². The van der Waals surface area contributed by atoms with Crippen LogP contribution in [-0.4, -0.2) is 44.9 Å². The van der Waals surface area contributed by atoms with Crippen molar-refractivity contribution in [3.8, 4) is 101 Å². The number of nitrogens with zero attached hydrogens (tertiary/aromatic N) is 9. The van der Waals surface area contributed by atoms with Gasteiger partial charge in [0.05, 0.1) is 67.3 Å². The molecule has 0 saturated heterocycles. The van der Waals surface area contributed by atoms with Crippen molar-refractivity contribution >= 4 is 109 Å². The summed E-state index contributed by atoms with van der Waals surface area (Å²) in [7, 11) is 0. The third kappa shape index (κ3) is 13.2. The number of hydrogen-bond donors (Lipinski definition) is 0. The molecule has 112 heavy (non-hydrogen) atoms. The lowest BCUT2D eigenvalue weighted by atomic mass is 9.93. The Kier molecular flexibility index (Phi) is 17.1. The number of pyridine rings is 9. The molecule has 0 aliphatic heterocycles. The lowest BCUT2D eigenvalue weighted by molar-refractivity contribution is 1.30. The Labute approximate surface area is 645 Å². The van der Waals surface area contributed by atoms with Crippen LogP contribution in [0.4, 0.5) is 0 Å². The molecule has 0 fully saturated rings. The fraction of sp³-hybridized carbons (Fsp3) is 0. The maximum atomic E-state index is 5.12. The summed E-state index contributed by atoms with van der Waals surface area (Å²) in [5.74, 6) is 0. The van der Waals surface area contributed by atoms with Gasteiger partial charge in [-0.15, -0.1) is 0 Å². The van der Waals surface area contributed by atoms with Crippen molar-refractivity contribution in [3.63, 3.8) is 0 Å². The van der Waals surface area contributed by atoms with Crippen LogP contribution in [0.5, 0.6) is 0 Å². The second-order valence-electron chi connectivity index (χ2n) is 28.1. The molecular formula is C103H65N9. The maximum Gasteiger partial charge on any atom is 0.0725 e. The van der Waals surface area contributed by atoms with Crippen molar-refractivity contribution in [1.29, 1.82) is 0 Å². The number of aromatic nitrogens is 9. The zero-order valence-corrected chi connectivity index (χ0v) is 60.6. The molecule has 0 aliphatic rings. The van der Waals surface area contributed by atoms with Gasteiger partial charge >= 0.3 is 0 Å². The molecule has 0 saturated carbocycles. The van der Waals surface area contributed by atoms with Gasteiger partial charge in [-0.05, 0) is 192 Å². The molecule has 13 aromatic carbocycles. The summed E-state index contributed by atoms with van der Waals surface area (Å²) in [6.45, 7) is 0. The molecule has 0 amide bonds. The monoisotopic (exact) mass is 1430 g/mol. The standard InChI is InChI=1S/C37H23N3.2C33H21N3/c1-2-8-31-24(5-1)10-13-27-6-3-9-32(37(27)31)28-14-11-25-16-18-33(39-35(25)21-28)29-15-12-26-17-19-34(40-36(26)22-29)30-7-4-20-38-23-30;1-2-8-28-22(5-1)6-3-9-29(28)25-12-10-23-14-16-30(35-32(23)19-25)26-13-11-24-15-17-31(36-33(24)20-26)27-7-4-18-34-21-27;1-2-5-25-18-26(10-7-22(25)4-1)27-11-8-23-13-15-30(35-32(23)19-27)28-12-9-24-14-16-31(36-33(24)20-28)29-6-3-17-34-21-29/h1-23H;2*1-21H. The number of hydrogen-bond acceptors (Lipinski definition) is 9. The van der Waals surface area contributed by atoms with Crippen molar-refractivity contribution < 1.29 is 0 Å². The molecule has 9 heteroatoms. The smallest absolute Gasteiger partial charge is 0.0725 e. The van der Waals surface area contributed by atoms with Crippen LogP contribution in [0.1, 0.15) is 0 Å². The third-order valence-corrected chi connectivity index (χ3v) is 21.2. The van der Waals surface area contributed by atoms with Crippen molar-refractivity contribution in [1.82, 2.24) is 44.9 Å². The quantitative estimate of drug-likeness (QED) is 0.130. The van der Waals surface area contributed by atoms with Gasteiger partial charge in [-0.25, -0.2) is 29.9 Å². The molecule has 9 heterocycles. The molecule has 0 N–H and O–H groups in total. The Bertz CT molecular complexity index is 7390. The highest BCUT2D eigenvalue weighted by atomic mass is 14.8. The Morgan fingerprint density at radius 1 is 0.152 bits per heavy atom. The van der Waals surface area contributed by atoms with Gasteiger partial charge in [0.25, 0.3) is 0 Å². The Morgan fingerprint density at radius 3 is 0.875 bits per heavy atom. The fourth-order valence-corrected chi connectivity index (χ4v) is 15.3. The zero-order valence-electron chi connectivity index (χ0n) is 60.6. The van der Waals surface area contributed by atoms with E-state index in [1.807, 2.05) is 73.2 Å². The second kappa shape index (κ2) is 28.8. The largest absolute Gasteiger partial charge is 0.264 e. The van der Waals surface area contributed by atoms with Gasteiger partial charge in [0.2, 0.25) is 0 Å². The van der Waals surface area contributed by atoms with E-state index >= 15 is 0 Å². The lowest BCUT2D eigenvalue weighted by Gasteiger charge is -2.12. The highest BCUT2D eigenvalue weighted by molar-refractivity contribution is 6.15. The molecule has 522 valence electrons. The number of fused-ring (bicyclic) bond motifs is 11. The minimum absolute atomic E-state index is 0.913. The van der Waals surface area contributed by atoms with Crippen molar-refractivity contribution in [3.05, 3.63) is 395 Å². The SMILES string of the molecule is c1cncc(-c2ccc3ccc(-c4ccc5ccc(-c6ccc7ccccc7c6)cc5n4)cc3n2)c1.c1cncc(-c2ccc3ccc(-c4ccc5ccc(-c6cccc7ccc8ccccc8c67)cc5n4)cc3n2)c1.c1cncc(-c2ccc3ccc(-c4ccc5ccc(-c6cccc7ccccc67)cc5n4)cc3n2)c1. The van der Waals surface area contributed by atoms with E-state index in [0.29, 0.717) is 0 Å². The van der Waals surface area contributed by atoms with E-state index in [1.54, 1.807) is 18.6 Å². The first-order valence-corrected chi connectivity index (χ1v) is 37.5. The second-order valence-corrected chi connectivity index (χ2v) is 28.1. The summed E-state index contributed by atoms with van der Waals surface area (Å²) >= 11 is 0. The van der Waals surface area contributed by atoms with Gasteiger partial charge in [0.15, 0.2) is 0 Å². The molecule has 22 rings (SSSR count). The first kappa shape index (κ1) is 66.3. The van der Waals surface area contributed by atoms with Crippen LogP contribution in [0.2, 0.25) is 0 Å². The van der Waals surface area contributed by atoms with Crippen LogP contribution in [0.15, 0.2) is 395 Å². The molecule has 0 radical (unpaired) electrons. The first-order chi connectivity index (χ1) is 55.4. The summed E-state index contributed by atoms with van der Waals surface area (Å²) in [6.07, 6.45) is 10.9. The zero-order chi connectivity index (χ0) is 74.3. The summed E-state index contributed by atoms with van der Waals surface area (Å²) < 4.78 is 0. The van der Waals surface area contributed by atoms with E-state index < -0.39 is 0 Å². The molecular weight excluding hydrogens is 1360 g/mol. The molecule has 22 aromatic rings. The maximum absolute atomic E-state index is 5.12. The Balaban J connectivity index is 0.000000110. The van der Waals surface area contributed by atoms with Gasteiger partial charge in [-0.3, -0.25) is 15.0 Å². The van der Waals surface area contributed by atoms with Crippen LogP contribution >= 0.6 is 0 Å². The van der Waals surface area contributed by atoms with Crippen molar-refractivity contribution in [2.24, 2.45) is 0 Å². The summed E-state index contributed by atoms with van der Waals surface area (Å²) in [5, 5.41) is 16.7. The summed E-state index contributed by atoms with van der Waals surface area (Å²) in [6, 6.07) is 125. The van der Waals surface area contributed by atoms with Crippen molar-refractivity contribution in [2.75, 3.05) is 0 Å². The average Bonchev–Trinajstić information content (AvgIpc) is 0.762. The van der Waals surface area contributed by atoms with Crippen LogP contribution in [0.3, 0.4) is 0 Å². The van der Waals surface area contributed by atoms with E-state index in [-0.39, 0.29) is 0 Å². The molecule has 9 aromatic heterocycles. The Hall–Kier alpha value is -15.2. The highest BCUT2D eigenvalue weighted by Gasteiger charge is 2.15. The molecule has 0 bridgehead atoms. The van der Waals surface area contributed by atoms with Crippen LogP contribution in [0.25, 0.3) is 209 Å². The minimum Gasteiger partial charge on any atom is -0.264 e. The molecule has 0 unspecified atom stereocenters. The third-order valence-electron chi connectivity index (χ3n) is 21.2. The van der Waals surface area contributed by atoms with Crippen LogP contribution < -0.4 is 0 Å². The highest BCUT2D eigenvalue weighted by Crippen LogP contribution is 2.39. The van der Waals surface area contributed by atoms with E-state index in [2.05, 4.69) is 318 Å². The topological polar surface area (TPSA) is 116 Å². The number of benzene rings is 13. The van der Waals surface area contributed by atoms with E-state index in [1.165, 1.54) is 76.5 Å². The normalized spacial score (nSPS) is 11.4. The van der Waals surface area contributed by atoms with Gasteiger partial charge in [-0.1, -0.05) is 243 Å². The average molecular weight is 1430 g/mol. The fourth-order valence-electron chi connectivity index (χ4n) is 15.3. The van der Waals surface area contributed by atoms with Crippen LogP contribution in [-0.2, 0) is 0 Å². The summed E-state index contributed by atoms with van der Waals surface area (Å²) in [4.78, 5) is 42.7. The number of rotatable bonds is 9. The molecule has 0 aliphatic carbocycles. The van der Waals surface area contributed by atoms with Gasteiger partial charge in [-0.2, -0.15) is 0 Å². The molecule has 9 nitrogen and oxygen atoms in total. The Morgan fingerprint density at radius 2 is 0.438 bits per heavy atom.